The van der Waals surface area contributed by atoms with E-state index in [0.29, 0.717) is 39.5 Å². The summed E-state index contributed by atoms with van der Waals surface area (Å²) in [5.74, 6) is 4.57. The first-order chi connectivity index (χ1) is 27.6. The van der Waals surface area contributed by atoms with Gasteiger partial charge in [-0.3, -0.25) is 0 Å². The molecule has 0 atom stereocenters. The minimum atomic E-state index is 0. The number of terminal acetylenes is 1. The monoisotopic (exact) mass is 1140 g/mol. The van der Waals surface area contributed by atoms with E-state index < -0.39 is 0 Å². The van der Waals surface area contributed by atoms with Crippen LogP contribution < -0.4 is 5.32 Å². The zero-order valence-electron chi connectivity index (χ0n) is 43.9. The van der Waals surface area contributed by atoms with Gasteiger partial charge < -0.3 is 63.7 Å². The third-order valence-corrected chi connectivity index (χ3v) is 9.98. The van der Waals surface area contributed by atoms with Crippen LogP contribution in [0.2, 0.25) is 0 Å². The molecule has 1 aromatic heterocycles. The normalized spacial score (nSPS) is 14.2. The fourth-order valence-electron chi connectivity index (χ4n) is 7.53. The predicted octanol–water partition coefficient (Wildman–Crippen LogP) is 9.93. The molecule has 4 fully saturated rings. The molecule has 0 spiro atoms. The second kappa shape index (κ2) is 63.7. The van der Waals surface area contributed by atoms with Crippen molar-refractivity contribution >= 4 is 34.0 Å². The van der Waals surface area contributed by atoms with Gasteiger partial charge in [0, 0.05) is 23.3 Å². The van der Waals surface area contributed by atoms with Gasteiger partial charge in [-0.2, -0.15) is 0 Å². The van der Waals surface area contributed by atoms with Crippen molar-refractivity contribution < 1.29 is 68.1 Å². The number of nitrogens with two attached hydrogens (primary N) is 1. The minimum Gasteiger partial charge on any atom is -0.394 e. The van der Waals surface area contributed by atoms with E-state index in [0.717, 1.165) is 39.6 Å². The minimum absolute atomic E-state index is 0. The van der Waals surface area contributed by atoms with Gasteiger partial charge in [-0.25, -0.2) is 4.68 Å². The Hall–Kier alpha value is -0.271. The molecular weight excluding hydrogens is 1040 g/mol. The molecule has 1 heterocycles. The maximum Gasteiger partial charge on any atom is 2.00 e. The van der Waals surface area contributed by atoms with E-state index >= 15 is 0 Å². The summed E-state index contributed by atoms with van der Waals surface area (Å²) < 4.78 is 13.8. The summed E-state index contributed by atoms with van der Waals surface area (Å²) in [4.78, 5) is 2.52. The largest absolute Gasteiger partial charge is 2.00 e. The summed E-state index contributed by atoms with van der Waals surface area (Å²) in [7, 11) is 13.0. The van der Waals surface area contributed by atoms with E-state index in [1.165, 1.54) is 129 Å². The predicted molar refractivity (Wildman–Crippen MR) is 283 cm³/mol. The van der Waals surface area contributed by atoms with Crippen LogP contribution in [0.15, 0.2) is 11.3 Å². The van der Waals surface area contributed by atoms with Crippen LogP contribution >= 0.6 is 34.0 Å². The van der Waals surface area contributed by atoms with Crippen molar-refractivity contribution in [3.63, 3.8) is 0 Å². The quantitative estimate of drug-likeness (QED) is 0.0206. The summed E-state index contributed by atoms with van der Waals surface area (Å²) in [5.41, 5.74) is 8.82. The Bertz CT molecular complexity index is 1070. The van der Waals surface area contributed by atoms with Gasteiger partial charge in [-0.1, -0.05) is 114 Å². The van der Waals surface area contributed by atoms with Gasteiger partial charge in [0.25, 0.3) is 0 Å². The zero-order chi connectivity index (χ0) is 42.9. The molecule has 4 N–H and O–H groups in total. The van der Waals surface area contributed by atoms with Gasteiger partial charge in [0.1, 0.15) is 18.8 Å². The van der Waals surface area contributed by atoms with Crippen molar-refractivity contribution in [3.05, 3.63) is 52.0 Å². The zero-order valence-corrected chi connectivity index (χ0v) is 49.5. The van der Waals surface area contributed by atoms with Gasteiger partial charge in [-0.05, 0) is 37.1 Å². The number of azide groups is 1. The van der Waals surface area contributed by atoms with Gasteiger partial charge in [0.05, 0.1) is 108 Å². The standard InChI is InChI=1S/C15H29N4O2.C11H20N.2C5H10.C4H9N3O2.C2H7N.C2H6.4CH3.2BrH.2Fe/c1-19(2,12-14-5-3-4-6-14)13-15-11-18(17-16-15)7-9-21-10-8-20;1-4-9-12(2,3)10-11-7-5-6-8-11;2*1-2-4-5-3-1;5-7-6-1-3-9-4-2-8;1-3-2;1-2;;;;;;;;/h11,14,20H,3-10,12-13H2,1-2H3;1,11H,5-10H2,2-3H3;2*1-5H2;8H,1-4H2;3H,1-2H3;1-2H3;4*1H3;2*1H;;/q2*+1;;;;;;4*-1;;;2*+2/p+1. The number of ether oxygens (including phenoxy) is 2. The molecule has 4 aliphatic rings. The Kier molecular flexibility index (Phi) is 86.1. The fourth-order valence-corrected chi connectivity index (χ4v) is 7.53. The van der Waals surface area contributed by atoms with E-state index in [9.17, 15) is 0 Å². The molecule has 0 saturated heterocycles. The Labute approximate surface area is 446 Å². The van der Waals surface area contributed by atoms with E-state index in [1.54, 1.807) is 0 Å². The molecule has 394 valence electrons. The maximum atomic E-state index is 8.65. The molecule has 4 aliphatic carbocycles. The second-order valence-corrected chi connectivity index (χ2v) is 16.8. The van der Waals surface area contributed by atoms with Crippen molar-refractivity contribution in [2.24, 2.45) is 17.0 Å². The first kappa shape index (κ1) is 87.8. The molecule has 0 aromatic carbocycles. The van der Waals surface area contributed by atoms with Crippen LogP contribution in [0.25, 0.3) is 10.4 Å². The van der Waals surface area contributed by atoms with Crippen LogP contribution in [-0.4, -0.2) is 142 Å². The first-order valence-corrected chi connectivity index (χ1v) is 22.6. The van der Waals surface area contributed by atoms with Crippen LogP contribution in [0.1, 0.15) is 135 Å². The number of halogens is 2. The number of hydrogen-bond donors (Lipinski definition) is 3. The van der Waals surface area contributed by atoms with Gasteiger partial charge in [0.15, 0.2) is 0 Å². The number of aliphatic hydroxyl groups excluding tert-OH is 2. The molecule has 0 bridgehead atoms. The molecule has 0 amide bonds. The molecule has 17 heteroatoms. The second-order valence-electron chi connectivity index (χ2n) is 16.8. The fraction of sp³-hybridized carbons (Fsp3) is 0.833. The molecule has 0 unspecified atom stereocenters. The van der Waals surface area contributed by atoms with Crippen molar-refractivity contribution in [2.75, 3.05) is 108 Å². The average molecular weight is 1140 g/mol. The smallest absolute Gasteiger partial charge is 0.394 e. The van der Waals surface area contributed by atoms with Gasteiger partial charge in [0.2, 0.25) is 0 Å². The number of nitrogens with zero attached hydrogens (tertiary/aromatic N) is 8. The molecule has 65 heavy (non-hydrogen) atoms. The Morgan fingerprint density at radius 3 is 1.45 bits per heavy atom. The molecule has 0 aliphatic heterocycles. The van der Waals surface area contributed by atoms with Crippen molar-refractivity contribution in [2.45, 2.75) is 143 Å². The van der Waals surface area contributed by atoms with Crippen molar-refractivity contribution in [1.82, 2.24) is 15.0 Å². The van der Waals surface area contributed by atoms with E-state index in [-0.39, 0.29) is 111 Å². The third-order valence-electron chi connectivity index (χ3n) is 9.98. The SMILES string of the molecule is Br.Br.C#CC[N+](C)(C)CC1CCCC1.C1CCCC1.C1CCCC1.CC.C[N+](C)(Cc1cn(CCOCCO)nn1)CC1CCCC1.C[NH2+]C.[CH3-].[CH3-].[CH3-].[CH3-].[Fe+2].[Fe+2].[N-]=[N+]=NCCOCCO. The average Bonchev–Trinajstić information content (AvgIpc) is 4.03. The number of aromatic nitrogens is 3. The van der Waals surface area contributed by atoms with E-state index in [2.05, 4.69) is 54.4 Å². The summed E-state index contributed by atoms with van der Waals surface area (Å²) >= 11 is 0. The van der Waals surface area contributed by atoms with E-state index in [4.69, 9.17) is 31.6 Å². The molecule has 4 saturated carbocycles. The summed E-state index contributed by atoms with van der Waals surface area (Å²) in [6.45, 7) is 11.0. The molecule has 5 rings (SSSR count). The van der Waals surface area contributed by atoms with Crippen LogP contribution in [0, 0.1) is 53.9 Å². The molecule has 13 nitrogen and oxygen atoms in total. The number of quaternary nitrogens is 3. The van der Waals surface area contributed by atoms with Crippen LogP contribution in [0.5, 0.6) is 0 Å². The first-order valence-electron chi connectivity index (χ1n) is 22.6. The Morgan fingerprint density at radius 2 is 1.09 bits per heavy atom. The van der Waals surface area contributed by atoms with Crippen LogP contribution in [0.4, 0.5) is 0 Å². The van der Waals surface area contributed by atoms with Crippen molar-refractivity contribution in [3.8, 4) is 12.3 Å². The van der Waals surface area contributed by atoms with Gasteiger partial charge >= 0.3 is 34.1 Å². The molecule has 1 aromatic rings. The van der Waals surface area contributed by atoms with Gasteiger partial charge in [-0.15, -0.1) is 45.5 Å². The van der Waals surface area contributed by atoms with Crippen LogP contribution in [0.3, 0.4) is 0 Å². The maximum absolute atomic E-state index is 8.65. The van der Waals surface area contributed by atoms with Crippen LogP contribution in [-0.2, 0) is 56.7 Å². The Balaban J connectivity index is -0.0000000745. The topological polar surface area (TPSA) is 155 Å². The van der Waals surface area contributed by atoms with Crippen molar-refractivity contribution in [1.29, 1.82) is 0 Å². The number of aliphatic hydroxyl groups is 2. The van der Waals surface area contributed by atoms with E-state index in [1.807, 2.05) is 44.1 Å². The number of hydrogen-bond acceptors (Lipinski definition) is 7. The third kappa shape index (κ3) is 59.8. The Morgan fingerprint density at radius 1 is 0.723 bits per heavy atom. The molecular formula is C48H106Br2Fe2N9O4+3. The summed E-state index contributed by atoms with van der Waals surface area (Å²) in [5, 5.41) is 30.5. The molecule has 0 radical (unpaired) electrons. The summed E-state index contributed by atoms with van der Waals surface area (Å²) in [6.07, 6.45) is 33.6. The number of rotatable bonds is 17. The summed E-state index contributed by atoms with van der Waals surface area (Å²) in [6, 6.07) is 0.